The molecule has 1 aliphatic rings. The highest BCUT2D eigenvalue weighted by molar-refractivity contribution is 7.98. The molecule has 0 aliphatic heterocycles. The second kappa shape index (κ2) is 6.43. The molecular weight excluding hydrogens is 254 g/mol. The molecule has 5 nitrogen and oxygen atoms in total. The van der Waals surface area contributed by atoms with E-state index in [1.807, 2.05) is 6.26 Å². The third-order valence-electron chi connectivity index (χ3n) is 3.27. The lowest BCUT2D eigenvalue weighted by Crippen LogP contribution is -2.45. The zero-order valence-corrected chi connectivity index (χ0v) is 11.6. The van der Waals surface area contributed by atoms with Crippen molar-refractivity contribution in [2.24, 2.45) is 11.8 Å². The van der Waals surface area contributed by atoms with E-state index in [0.29, 0.717) is 18.6 Å². The quantitative estimate of drug-likeness (QED) is 0.665. The van der Waals surface area contributed by atoms with Crippen LogP contribution in [0.2, 0.25) is 0 Å². The highest BCUT2D eigenvalue weighted by Gasteiger charge is 2.38. The van der Waals surface area contributed by atoms with E-state index < -0.39 is 23.4 Å². The first-order chi connectivity index (χ1) is 8.37. The molecule has 0 heterocycles. The Labute approximate surface area is 111 Å². The molecule has 6 heteroatoms. The highest BCUT2D eigenvalue weighted by Crippen LogP contribution is 2.32. The number of thioether (sulfide) groups is 1. The number of aliphatic hydroxyl groups is 1. The van der Waals surface area contributed by atoms with Gasteiger partial charge in [-0.3, -0.25) is 9.59 Å². The number of hydrogen-bond acceptors (Lipinski definition) is 4. The maximum absolute atomic E-state index is 11.9. The lowest BCUT2D eigenvalue weighted by atomic mass is 9.95. The maximum Gasteiger partial charge on any atom is 0.307 e. The molecule has 3 atom stereocenters. The molecule has 1 saturated carbocycles. The van der Waals surface area contributed by atoms with E-state index in [2.05, 4.69) is 5.32 Å². The number of carbonyl (C=O) groups is 2. The Morgan fingerprint density at radius 1 is 1.39 bits per heavy atom. The van der Waals surface area contributed by atoms with Crippen LogP contribution in [-0.2, 0) is 9.59 Å². The van der Waals surface area contributed by atoms with Crippen LogP contribution in [0.3, 0.4) is 0 Å². The van der Waals surface area contributed by atoms with Crippen LogP contribution < -0.4 is 5.32 Å². The van der Waals surface area contributed by atoms with E-state index in [1.165, 1.54) is 11.8 Å². The normalized spacial score (nSPS) is 26.6. The number of aliphatic carboxylic acids is 1. The summed E-state index contributed by atoms with van der Waals surface area (Å²) in [5.74, 6) is -1.65. The van der Waals surface area contributed by atoms with Crippen molar-refractivity contribution in [1.29, 1.82) is 0 Å². The number of hydrogen-bond donors (Lipinski definition) is 3. The summed E-state index contributed by atoms with van der Waals surface area (Å²) in [5.41, 5.74) is -0.952. The molecule has 1 fully saturated rings. The van der Waals surface area contributed by atoms with E-state index >= 15 is 0 Å². The first kappa shape index (κ1) is 15.3. The molecule has 1 rings (SSSR count). The first-order valence-corrected chi connectivity index (χ1v) is 7.48. The lowest BCUT2D eigenvalue weighted by molar-refractivity contribution is -0.146. The summed E-state index contributed by atoms with van der Waals surface area (Å²) in [6.45, 7) is 1.82. The predicted octanol–water partition coefficient (Wildman–Crippen LogP) is 0.717. The predicted molar refractivity (Wildman–Crippen MR) is 70.5 cm³/mol. The molecule has 1 aliphatic carbocycles. The zero-order chi connectivity index (χ0) is 13.8. The van der Waals surface area contributed by atoms with Crippen LogP contribution in [0.1, 0.15) is 26.2 Å². The maximum atomic E-state index is 11.9. The number of amides is 1. The molecule has 18 heavy (non-hydrogen) atoms. The van der Waals surface area contributed by atoms with Crippen molar-refractivity contribution >= 4 is 23.6 Å². The number of rotatable bonds is 6. The van der Waals surface area contributed by atoms with Gasteiger partial charge in [0.25, 0.3) is 0 Å². The Morgan fingerprint density at radius 3 is 2.56 bits per heavy atom. The minimum Gasteiger partial charge on any atom is -0.481 e. The second-order valence-electron chi connectivity index (χ2n) is 5.13. The Morgan fingerprint density at radius 2 is 2.00 bits per heavy atom. The molecule has 3 N–H and O–H groups in total. The summed E-state index contributed by atoms with van der Waals surface area (Å²) in [6.07, 6.45) is 3.84. The molecule has 0 aromatic carbocycles. The highest BCUT2D eigenvalue weighted by atomic mass is 32.2. The molecule has 0 saturated heterocycles. The van der Waals surface area contributed by atoms with Gasteiger partial charge in [0.05, 0.1) is 17.4 Å². The largest absolute Gasteiger partial charge is 0.481 e. The van der Waals surface area contributed by atoms with Gasteiger partial charge in [-0.05, 0) is 26.0 Å². The van der Waals surface area contributed by atoms with Crippen LogP contribution in [-0.4, -0.2) is 46.2 Å². The third-order valence-corrected chi connectivity index (χ3v) is 4.18. The van der Waals surface area contributed by atoms with Gasteiger partial charge in [-0.15, -0.1) is 0 Å². The van der Waals surface area contributed by atoms with Crippen LogP contribution in [0.4, 0.5) is 0 Å². The van der Waals surface area contributed by atoms with Crippen molar-refractivity contribution in [3.8, 4) is 0 Å². The van der Waals surface area contributed by atoms with E-state index in [0.717, 1.165) is 6.42 Å². The van der Waals surface area contributed by atoms with Crippen molar-refractivity contribution in [2.45, 2.75) is 31.8 Å². The Hall–Kier alpha value is -0.750. The number of nitrogens with one attached hydrogen (secondary N) is 1. The lowest BCUT2D eigenvalue weighted by Gasteiger charge is -2.24. The Balaban J connectivity index is 2.48. The van der Waals surface area contributed by atoms with Gasteiger partial charge in [0, 0.05) is 12.3 Å². The number of carboxylic acids is 1. The van der Waals surface area contributed by atoms with Crippen molar-refractivity contribution in [2.75, 3.05) is 18.6 Å². The Bertz CT molecular complexity index is 319. The zero-order valence-electron chi connectivity index (χ0n) is 10.8. The van der Waals surface area contributed by atoms with Crippen molar-refractivity contribution in [1.82, 2.24) is 5.32 Å². The summed E-state index contributed by atoms with van der Waals surface area (Å²) < 4.78 is 0. The fourth-order valence-electron chi connectivity index (χ4n) is 2.34. The van der Waals surface area contributed by atoms with E-state index in [-0.39, 0.29) is 12.5 Å². The average Bonchev–Trinajstić information content (AvgIpc) is 2.74. The number of carboxylic acid groups (broad SMARTS) is 1. The van der Waals surface area contributed by atoms with Crippen molar-refractivity contribution in [3.63, 3.8) is 0 Å². The third kappa shape index (κ3) is 4.17. The molecule has 0 radical (unpaired) electrons. The number of carbonyl (C=O) groups excluding carboxylic acids is 1. The molecule has 104 valence electrons. The van der Waals surface area contributed by atoms with Gasteiger partial charge in [0.1, 0.15) is 0 Å². The summed E-state index contributed by atoms with van der Waals surface area (Å²) in [5, 5.41) is 21.6. The van der Waals surface area contributed by atoms with E-state index in [1.54, 1.807) is 6.92 Å². The van der Waals surface area contributed by atoms with E-state index in [4.69, 9.17) is 5.11 Å². The molecule has 0 aromatic rings. The van der Waals surface area contributed by atoms with Gasteiger partial charge in [0.15, 0.2) is 0 Å². The SMILES string of the molecule is CSCC(C)(O)CNC(=O)[C@@H]1CCC[C@@H]1C(=O)O. The van der Waals surface area contributed by atoms with Crippen molar-refractivity contribution in [3.05, 3.63) is 0 Å². The minimum absolute atomic E-state index is 0.162. The molecule has 0 aromatic heterocycles. The molecule has 1 unspecified atom stereocenters. The standard InChI is InChI=1S/C12H21NO4S/c1-12(17,7-18-2)6-13-10(14)8-4-3-5-9(8)11(15)16/h8-9,17H,3-7H2,1-2H3,(H,13,14)(H,15,16)/t8-,9+,12?/m1/s1. The summed E-state index contributed by atoms with van der Waals surface area (Å²) in [6, 6.07) is 0. The molecule has 0 spiro atoms. The second-order valence-corrected chi connectivity index (χ2v) is 6.00. The van der Waals surface area contributed by atoms with Gasteiger partial charge in [-0.1, -0.05) is 6.42 Å². The van der Waals surface area contributed by atoms with Gasteiger partial charge >= 0.3 is 5.97 Å². The Kier molecular flexibility index (Phi) is 5.47. The molecule has 1 amide bonds. The van der Waals surface area contributed by atoms with Crippen LogP contribution in [0, 0.1) is 11.8 Å². The monoisotopic (exact) mass is 275 g/mol. The van der Waals surface area contributed by atoms with Gasteiger partial charge in [-0.25, -0.2) is 0 Å². The van der Waals surface area contributed by atoms with Crippen LogP contribution in [0.15, 0.2) is 0 Å². The van der Waals surface area contributed by atoms with E-state index in [9.17, 15) is 14.7 Å². The van der Waals surface area contributed by atoms with Crippen LogP contribution in [0.25, 0.3) is 0 Å². The first-order valence-electron chi connectivity index (χ1n) is 6.09. The van der Waals surface area contributed by atoms with Gasteiger partial charge < -0.3 is 15.5 Å². The van der Waals surface area contributed by atoms with Gasteiger partial charge in [-0.2, -0.15) is 11.8 Å². The molecular formula is C12H21NO4S. The molecule has 0 bridgehead atoms. The fraction of sp³-hybridized carbons (Fsp3) is 0.833. The topological polar surface area (TPSA) is 86.6 Å². The summed E-state index contributed by atoms with van der Waals surface area (Å²) >= 11 is 1.50. The van der Waals surface area contributed by atoms with Crippen molar-refractivity contribution < 1.29 is 19.8 Å². The smallest absolute Gasteiger partial charge is 0.307 e. The minimum atomic E-state index is -0.952. The summed E-state index contributed by atoms with van der Waals surface area (Å²) in [4.78, 5) is 22.9. The van der Waals surface area contributed by atoms with Crippen LogP contribution in [0.5, 0.6) is 0 Å². The average molecular weight is 275 g/mol. The summed E-state index contributed by atoms with van der Waals surface area (Å²) in [7, 11) is 0. The van der Waals surface area contributed by atoms with Crippen LogP contribution >= 0.6 is 11.8 Å². The van der Waals surface area contributed by atoms with Gasteiger partial charge in [0.2, 0.25) is 5.91 Å². The fourth-order valence-corrected chi connectivity index (χ4v) is 3.06.